The van der Waals surface area contributed by atoms with E-state index in [9.17, 15) is 5.11 Å². The number of anilines is 1. The molecule has 0 atom stereocenters. The number of aliphatic imine (C=N–C) groups is 1. The van der Waals surface area contributed by atoms with E-state index in [1.54, 1.807) is 6.07 Å². The molecule has 0 amide bonds. The van der Waals surface area contributed by atoms with Crippen molar-refractivity contribution in [2.24, 2.45) is 4.99 Å². The molecule has 2 aromatic carbocycles. The van der Waals surface area contributed by atoms with Gasteiger partial charge in [0.1, 0.15) is 11.5 Å². The molecule has 0 radical (unpaired) electrons. The maximum atomic E-state index is 10.1. The van der Waals surface area contributed by atoms with Crippen molar-refractivity contribution < 1.29 is 9.84 Å². The van der Waals surface area contributed by atoms with Crippen LogP contribution in [0.15, 0.2) is 53.5 Å². The van der Waals surface area contributed by atoms with Crippen molar-refractivity contribution in [2.45, 2.75) is 13.0 Å². The van der Waals surface area contributed by atoms with Crippen LogP contribution in [0.4, 0.5) is 5.69 Å². The van der Waals surface area contributed by atoms with Gasteiger partial charge in [-0.2, -0.15) is 0 Å². The van der Waals surface area contributed by atoms with Crippen molar-refractivity contribution in [1.29, 1.82) is 0 Å². The Bertz CT molecular complexity index is 837. The maximum Gasteiger partial charge on any atom is 0.194 e. The molecular formula is C24H36IN5O2. The fourth-order valence-electron chi connectivity index (χ4n) is 3.68. The van der Waals surface area contributed by atoms with E-state index in [2.05, 4.69) is 51.2 Å². The standard InChI is InChI=1S/C24H35N5O2.HI/c1-25-24(29-16-14-28(15-17-29)22-7-4-5-8-23(22)30)26-19-20-9-11-21(12-10-20)31-18-6-13-27(2)3;/h4-5,7-12,30H,6,13-19H2,1-3H3,(H,25,26);1H. The summed E-state index contributed by atoms with van der Waals surface area (Å²) in [4.78, 5) is 11.1. The lowest BCUT2D eigenvalue weighted by molar-refractivity contribution is 0.281. The summed E-state index contributed by atoms with van der Waals surface area (Å²) in [6, 6.07) is 15.8. The second kappa shape index (κ2) is 13.4. The van der Waals surface area contributed by atoms with Crippen molar-refractivity contribution >= 4 is 35.6 Å². The van der Waals surface area contributed by atoms with E-state index in [0.29, 0.717) is 12.3 Å². The first kappa shape index (κ1) is 26.1. The van der Waals surface area contributed by atoms with E-state index in [-0.39, 0.29) is 24.0 Å². The summed E-state index contributed by atoms with van der Waals surface area (Å²) in [5.74, 6) is 2.15. The Hall–Kier alpha value is -2.20. The molecule has 32 heavy (non-hydrogen) atoms. The molecule has 1 saturated heterocycles. The highest BCUT2D eigenvalue weighted by Crippen LogP contribution is 2.27. The number of hydrogen-bond acceptors (Lipinski definition) is 5. The molecule has 176 valence electrons. The van der Waals surface area contributed by atoms with Crippen molar-refractivity contribution in [3.63, 3.8) is 0 Å². The molecule has 1 aliphatic rings. The first-order valence-electron chi connectivity index (χ1n) is 10.9. The molecule has 0 saturated carbocycles. The monoisotopic (exact) mass is 553 g/mol. The van der Waals surface area contributed by atoms with Gasteiger partial charge in [-0.15, -0.1) is 24.0 Å². The Kier molecular flexibility index (Phi) is 10.9. The van der Waals surface area contributed by atoms with Crippen molar-refractivity contribution in [1.82, 2.24) is 15.1 Å². The number of nitrogens with zero attached hydrogens (tertiary/aromatic N) is 4. The molecule has 0 spiro atoms. The van der Waals surface area contributed by atoms with Crippen LogP contribution in [-0.4, -0.2) is 81.3 Å². The molecule has 1 fully saturated rings. The van der Waals surface area contributed by atoms with Gasteiger partial charge in [-0.25, -0.2) is 0 Å². The molecule has 0 unspecified atom stereocenters. The minimum absolute atomic E-state index is 0. The highest BCUT2D eigenvalue weighted by molar-refractivity contribution is 14.0. The number of phenols is 1. The largest absolute Gasteiger partial charge is 0.506 e. The lowest BCUT2D eigenvalue weighted by Gasteiger charge is -2.37. The van der Waals surface area contributed by atoms with Crippen LogP contribution in [0.25, 0.3) is 0 Å². The number of aromatic hydroxyl groups is 1. The van der Waals surface area contributed by atoms with Gasteiger partial charge in [0.2, 0.25) is 0 Å². The minimum atomic E-state index is 0. The summed E-state index contributed by atoms with van der Waals surface area (Å²) in [6.45, 7) is 5.88. The third-order valence-electron chi connectivity index (χ3n) is 5.41. The SMILES string of the molecule is CN=C(NCc1ccc(OCCCN(C)C)cc1)N1CCN(c2ccccc2O)CC1.I. The average Bonchev–Trinajstić information content (AvgIpc) is 2.79. The first-order valence-corrected chi connectivity index (χ1v) is 10.9. The van der Waals surface area contributed by atoms with Gasteiger partial charge in [0.05, 0.1) is 12.3 Å². The normalized spacial score (nSPS) is 14.3. The van der Waals surface area contributed by atoms with Crippen LogP contribution in [0.3, 0.4) is 0 Å². The summed E-state index contributed by atoms with van der Waals surface area (Å²) in [5.41, 5.74) is 2.09. The molecule has 1 aliphatic heterocycles. The number of piperazine rings is 1. The van der Waals surface area contributed by atoms with Gasteiger partial charge < -0.3 is 29.9 Å². The van der Waals surface area contributed by atoms with Crippen LogP contribution in [-0.2, 0) is 6.54 Å². The molecular weight excluding hydrogens is 517 g/mol. The molecule has 2 N–H and O–H groups in total. The van der Waals surface area contributed by atoms with Gasteiger partial charge in [0.15, 0.2) is 5.96 Å². The average molecular weight is 553 g/mol. The van der Waals surface area contributed by atoms with Crippen LogP contribution in [0.1, 0.15) is 12.0 Å². The van der Waals surface area contributed by atoms with Gasteiger partial charge >= 0.3 is 0 Å². The topological polar surface area (TPSA) is 63.6 Å². The summed E-state index contributed by atoms with van der Waals surface area (Å²) in [6.07, 6.45) is 1.02. The molecule has 1 heterocycles. The Labute approximate surface area is 209 Å². The summed E-state index contributed by atoms with van der Waals surface area (Å²) >= 11 is 0. The lowest BCUT2D eigenvalue weighted by atomic mass is 10.2. The molecule has 0 aliphatic carbocycles. The number of para-hydroxylation sites is 2. The molecule has 8 heteroatoms. The van der Waals surface area contributed by atoms with Crippen molar-refractivity contribution in [3.05, 3.63) is 54.1 Å². The predicted molar refractivity (Wildman–Crippen MR) is 143 cm³/mol. The number of rotatable bonds is 8. The van der Waals surface area contributed by atoms with Gasteiger partial charge in [-0.1, -0.05) is 24.3 Å². The van der Waals surface area contributed by atoms with Crippen LogP contribution in [0.5, 0.6) is 11.5 Å². The van der Waals surface area contributed by atoms with E-state index in [4.69, 9.17) is 4.74 Å². The van der Waals surface area contributed by atoms with E-state index >= 15 is 0 Å². The van der Waals surface area contributed by atoms with Crippen LogP contribution < -0.4 is 15.0 Å². The van der Waals surface area contributed by atoms with Gasteiger partial charge in [0.25, 0.3) is 0 Å². The van der Waals surface area contributed by atoms with Crippen LogP contribution in [0, 0.1) is 0 Å². The minimum Gasteiger partial charge on any atom is -0.506 e. The maximum absolute atomic E-state index is 10.1. The Morgan fingerprint density at radius 2 is 1.75 bits per heavy atom. The predicted octanol–water partition coefficient (Wildman–Crippen LogP) is 3.24. The van der Waals surface area contributed by atoms with Gasteiger partial charge in [-0.3, -0.25) is 4.99 Å². The summed E-state index contributed by atoms with van der Waals surface area (Å²) in [5, 5.41) is 13.6. The van der Waals surface area contributed by atoms with Crippen molar-refractivity contribution in [2.75, 3.05) is 65.4 Å². The third kappa shape index (κ3) is 7.74. The Balaban J connectivity index is 0.00000363. The zero-order chi connectivity index (χ0) is 22.1. The van der Waals surface area contributed by atoms with Crippen LogP contribution in [0.2, 0.25) is 0 Å². The number of ether oxygens (including phenoxy) is 1. The molecule has 2 aromatic rings. The fourth-order valence-corrected chi connectivity index (χ4v) is 3.68. The fraction of sp³-hybridized carbons (Fsp3) is 0.458. The number of halogens is 1. The van der Waals surface area contributed by atoms with Crippen molar-refractivity contribution in [3.8, 4) is 11.5 Å². The van der Waals surface area contributed by atoms with Gasteiger partial charge in [-0.05, 0) is 50.3 Å². The smallest absolute Gasteiger partial charge is 0.194 e. The van der Waals surface area contributed by atoms with E-state index in [1.807, 2.05) is 37.4 Å². The summed E-state index contributed by atoms with van der Waals surface area (Å²) in [7, 11) is 5.97. The zero-order valence-electron chi connectivity index (χ0n) is 19.3. The second-order valence-corrected chi connectivity index (χ2v) is 8.01. The van der Waals surface area contributed by atoms with E-state index < -0.39 is 0 Å². The van der Waals surface area contributed by atoms with E-state index in [1.165, 1.54) is 5.56 Å². The van der Waals surface area contributed by atoms with Crippen LogP contribution >= 0.6 is 24.0 Å². The van der Waals surface area contributed by atoms with Gasteiger partial charge in [0, 0.05) is 46.3 Å². The molecule has 3 rings (SSSR count). The highest BCUT2D eigenvalue weighted by Gasteiger charge is 2.21. The quantitative estimate of drug-likeness (QED) is 0.227. The van der Waals surface area contributed by atoms with E-state index in [0.717, 1.165) is 63.1 Å². The number of guanidine groups is 1. The third-order valence-corrected chi connectivity index (χ3v) is 5.41. The Morgan fingerprint density at radius 3 is 2.38 bits per heavy atom. The zero-order valence-corrected chi connectivity index (χ0v) is 21.7. The number of hydrogen-bond donors (Lipinski definition) is 2. The lowest BCUT2D eigenvalue weighted by Crippen LogP contribution is -2.52. The number of phenolic OH excluding ortho intramolecular Hbond substituents is 1. The summed E-state index contributed by atoms with van der Waals surface area (Å²) < 4.78 is 5.81. The Morgan fingerprint density at radius 1 is 1.06 bits per heavy atom. The molecule has 7 nitrogen and oxygen atoms in total. The second-order valence-electron chi connectivity index (χ2n) is 8.01. The number of nitrogens with one attached hydrogen (secondary N) is 1. The first-order chi connectivity index (χ1) is 15.1. The highest BCUT2D eigenvalue weighted by atomic mass is 127. The molecule has 0 aromatic heterocycles. The molecule has 0 bridgehead atoms. The number of benzene rings is 2.